The van der Waals surface area contributed by atoms with Gasteiger partial charge in [0.2, 0.25) is 0 Å². The van der Waals surface area contributed by atoms with Gasteiger partial charge in [0.1, 0.15) is 0 Å². The van der Waals surface area contributed by atoms with E-state index in [2.05, 4.69) is 152 Å². The highest BCUT2D eigenvalue weighted by atomic mass is 14.5. The molecule has 12 rings (SSSR count). The van der Waals surface area contributed by atoms with Crippen molar-refractivity contribution in [1.82, 2.24) is 0 Å². The minimum absolute atomic E-state index is 0.0737. The molecule has 0 atom stereocenters. The van der Waals surface area contributed by atoms with Crippen molar-refractivity contribution in [3.8, 4) is 33.4 Å². The highest BCUT2D eigenvalue weighted by Gasteiger charge is 2.45. The van der Waals surface area contributed by atoms with Crippen LogP contribution < -0.4 is 0 Å². The van der Waals surface area contributed by atoms with Crippen LogP contribution in [0.15, 0.2) is 158 Å². The van der Waals surface area contributed by atoms with Crippen molar-refractivity contribution in [3.63, 3.8) is 0 Å². The summed E-state index contributed by atoms with van der Waals surface area (Å²) >= 11 is 0. The maximum Gasteiger partial charge on any atom is 0.0215 e. The van der Waals surface area contributed by atoms with E-state index in [1.165, 1.54) is 135 Å². The molecule has 0 saturated heterocycles. The van der Waals surface area contributed by atoms with E-state index in [1.807, 2.05) is 6.92 Å². The topological polar surface area (TPSA) is 0 Å². The van der Waals surface area contributed by atoms with E-state index < -0.39 is 0 Å². The van der Waals surface area contributed by atoms with Crippen molar-refractivity contribution in [2.45, 2.75) is 38.0 Å². The summed E-state index contributed by atoms with van der Waals surface area (Å²) in [5.74, 6) is 0. The lowest BCUT2D eigenvalue weighted by atomic mass is 9.75. The van der Waals surface area contributed by atoms with Crippen LogP contribution in [0.4, 0.5) is 0 Å². The van der Waals surface area contributed by atoms with Gasteiger partial charge in [-0.3, -0.25) is 0 Å². The summed E-state index contributed by atoms with van der Waals surface area (Å²) in [4.78, 5) is 0. The predicted molar refractivity (Wildman–Crippen MR) is 225 cm³/mol. The summed E-state index contributed by atoms with van der Waals surface area (Å²) in [7, 11) is 0. The van der Waals surface area contributed by atoms with Gasteiger partial charge in [0.05, 0.1) is 0 Å². The molecule has 0 nitrogen and oxygen atoms in total. The van der Waals surface area contributed by atoms with Crippen LogP contribution in [-0.4, -0.2) is 0 Å². The van der Waals surface area contributed by atoms with Crippen LogP contribution in [-0.2, 0) is 5.41 Å². The summed E-state index contributed by atoms with van der Waals surface area (Å²) in [6.45, 7) is 5.25. The van der Waals surface area contributed by atoms with Crippen molar-refractivity contribution in [2.75, 3.05) is 0 Å². The molecule has 0 aliphatic heterocycles. The Morgan fingerprint density at radius 2 is 0.769 bits per heavy atom. The fraction of sp³-hybridized carbons (Fsp3) is 0.115. The van der Waals surface area contributed by atoms with Crippen LogP contribution in [0.2, 0.25) is 0 Å². The Morgan fingerprint density at radius 3 is 1.19 bits per heavy atom. The lowest BCUT2D eigenvalue weighted by molar-refractivity contribution is 0.550. The molecule has 0 unspecified atom stereocenters. The summed E-state index contributed by atoms with van der Waals surface area (Å²) in [5.41, 5.74) is 11.4. The molecule has 0 radical (unpaired) electrons. The third-order valence-electron chi connectivity index (χ3n) is 12.5. The first-order chi connectivity index (χ1) is 25.7. The van der Waals surface area contributed by atoms with Gasteiger partial charge in [-0.25, -0.2) is 0 Å². The second kappa shape index (κ2) is 11.0. The van der Waals surface area contributed by atoms with Crippen molar-refractivity contribution in [1.29, 1.82) is 0 Å². The van der Waals surface area contributed by atoms with E-state index in [4.69, 9.17) is 0 Å². The predicted octanol–water partition coefficient (Wildman–Crippen LogP) is 14.8. The molecule has 246 valence electrons. The lowest BCUT2D eigenvalue weighted by Gasteiger charge is -2.27. The van der Waals surface area contributed by atoms with Crippen LogP contribution in [0.25, 0.3) is 98.0 Å². The largest absolute Gasteiger partial charge is 0.103 e. The zero-order valence-electron chi connectivity index (χ0n) is 29.5. The number of allylic oxidation sites excluding steroid dienone is 1. The second-order valence-electron chi connectivity index (χ2n) is 15.2. The molecule has 10 aromatic carbocycles. The van der Waals surface area contributed by atoms with E-state index in [-0.39, 0.29) is 5.41 Å². The molecule has 1 spiro atoms. The average molecular weight is 663 g/mol. The summed E-state index contributed by atoms with van der Waals surface area (Å²) < 4.78 is 0. The third kappa shape index (κ3) is 3.98. The Labute approximate surface area is 304 Å². The molecule has 0 bridgehead atoms. The van der Waals surface area contributed by atoms with E-state index in [1.54, 1.807) is 6.08 Å². The average Bonchev–Trinajstić information content (AvgIpc) is 3.79. The van der Waals surface area contributed by atoms with Gasteiger partial charge in [-0.05, 0) is 141 Å². The Balaban J connectivity index is 0.00000104. The quantitative estimate of drug-likeness (QED) is 0.128. The van der Waals surface area contributed by atoms with Crippen LogP contribution in [0.5, 0.6) is 0 Å². The molecular weight excluding hydrogens is 625 g/mol. The normalized spacial score (nSPS) is 14.6. The third-order valence-corrected chi connectivity index (χ3v) is 12.5. The molecule has 10 aromatic rings. The van der Waals surface area contributed by atoms with Gasteiger partial charge in [-0.15, -0.1) is 6.58 Å². The van der Waals surface area contributed by atoms with Gasteiger partial charge in [0.25, 0.3) is 0 Å². The molecule has 1 saturated carbocycles. The zero-order valence-corrected chi connectivity index (χ0v) is 29.5. The lowest BCUT2D eigenvalue weighted by Crippen LogP contribution is -2.20. The van der Waals surface area contributed by atoms with Gasteiger partial charge in [-0.2, -0.15) is 0 Å². The standard InChI is InChI=1S/C49H32.C3H6/c1-2-26-49(25-1)43-27-35(37-19-13-33-11-9-29-5-3-7-31-15-23-41(37)47(33)45(29)31)17-21-39(43)40-22-18-36(28-44(40)49)38-20-14-34-12-10-30-6-4-8-32-16-24-42(38)48(34)46(30)32;1-3-2/h3-24,27-28H,1-2,25-26H2;3H,1H2,2H3. The minimum atomic E-state index is 0.0737. The van der Waals surface area contributed by atoms with Crippen LogP contribution in [0.3, 0.4) is 0 Å². The van der Waals surface area contributed by atoms with Crippen LogP contribution in [0, 0.1) is 0 Å². The molecule has 0 heterocycles. The molecule has 52 heavy (non-hydrogen) atoms. The number of hydrogen-bond donors (Lipinski definition) is 0. The summed E-state index contributed by atoms with van der Waals surface area (Å²) in [5, 5.41) is 16.2. The van der Waals surface area contributed by atoms with E-state index in [0.717, 1.165) is 0 Å². The fourth-order valence-corrected chi connectivity index (χ4v) is 10.3. The van der Waals surface area contributed by atoms with Gasteiger partial charge in [-0.1, -0.05) is 152 Å². The van der Waals surface area contributed by atoms with Gasteiger partial charge in [0, 0.05) is 5.41 Å². The Bertz CT molecular complexity index is 2810. The SMILES string of the molecule is C=CC.c1cc2ccc3ccc(-c4ccc5c(c4)C4(CCCC4)c4cc(-c6ccc7ccc8cccc9ccc6c7c89)ccc4-5)c4ccc(c1)c2c34. The highest BCUT2D eigenvalue weighted by Crippen LogP contribution is 2.58. The Hall–Kier alpha value is -5.98. The van der Waals surface area contributed by atoms with Crippen LogP contribution in [0.1, 0.15) is 43.7 Å². The Kier molecular flexibility index (Phi) is 6.29. The highest BCUT2D eigenvalue weighted by molar-refractivity contribution is 6.26. The van der Waals surface area contributed by atoms with Gasteiger partial charge >= 0.3 is 0 Å². The molecule has 0 amide bonds. The van der Waals surface area contributed by atoms with Gasteiger partial charge in [0.15, 0.2) is 0 Å². The first-order valence-corrected chi connectivity index (χ1v) is 18.9. The number of rotatable bonds is 2. The van der Waals surface area contributed by atoms with Crippen molar-refractivity contribution < 1.29 is 0 Å². The number of benzene rings is 10. The summed E-state index contributed by atoms with van der Waals surface area (Å²) in [6.07, 6.45) is 6.75. The molecule has 0 N–H and O–H groups in total. The number of hydrogen-bond acceptors (Lipinski definition) is 0. The van der Waals surface area contributed by atoms with Crippen molar-refractivity contribution in [3.05, 3.63) is 169 Å². The number of fused-ring (bicyclic) bond motifs is 5. The van der Waals surface area contributed by atoms with Crippen molar-refractivity contribution >= 4 is 64.6 Å². The minimum Gasteiger partial charge on any atom is -0.103 e. The van der Waals surface area contributed by atoms with E-state index in [9.17, 15) is 0 Å². The molecular formula is C52H38. The maximum absolute atomic E-state index is 3.36. The first kappa shape index (κ1) is 29.7. The molecule has 0 aromatic heterocycles. The van der Waals surface area contributed by atoms with E-state index >= 15 is 0 Å². The summed E-state index contributed by atoms with van der Waals surface area (Å²) in [6, 6.07) is 56.0. The Morgan fingerprint density at radius 1 is 0.423 bits per heavy atom. The molecule has 2 aliphatic carbocycles. The molecule has 0 heteroatoms. The fourth-order valence-electron chi connectivity index (χ4n) is 10.3. The smallest absolute Gasteiger partial charge is 0.0215 e. The van der Waals surface area contributed by atoms with Gasteiger partial charge < -0.3 is 0 Å². The first-order valence-electron chi connectivity index (χ1n) is 18.9. The van der Waals surface area contributed by atoms with E-state index in [0.29, 0.717) is 0 Å². The second-order valence-corrected chi connectivity index (χ2v) is 15.2. The van der Waals surface area contributed by atoms with Crippen LogP contribution >= 0.6 is 0 Å². The maximum atomic E-state index is 3.36. The monoisotopic (exact) mass is 662 g/mol. The molecule has 1 fully saturated rings. The van der Waals surface area contributed by atoms with Crippen molar-refractivity contribution in [2.24, 2.45) is 0 Å². The zero-order chi connectivity index (χ0) is 34.6. The molecule has 2 aliphatic rings.